The van der Waals surface area contributed by atoms with E-state index in [0.717, 1.165) is 18.6 Å². The van der Waals surface area contributed by atoms with E-state index in [1.54, 1.807) is 7.11 Å². The van der Waals surface area contributed by atoms with Crippen molar-refractivity contribution in [3.63, 3.8) is 0 Å². The number of methoxy groups -OCH3 is 1. The molecular weight excluding hydrogens is 222 g/mol. The van der Waals surface area contributed by atoms with Crippen LogP contribution in [0.3, 0.4) is 0 Å². The fourth-order valence-corrected chi connectivity index (χ4v) is 2.52. The quantitative estimate of drug-likeness (QED) is 0.891. The Morgan fingerprint density at radius 3 is 2.50 bits per heavy atom. The summed E-state index contributed by atoms with van der Waals surface area (Å²) in [5, 5.41) is 2.49. The molecule has 0 spiro atoms. The second-order valence-corrected chi connectivity index (χ2v) is 5.33. The molecule has 0 heterocycles. The maximum absolute atomic E-state index is 6.17. The van der Waals surface area contributed by atoms with E-state index in [1.807, 2.05) is 0 Å². The Kier molecular flexibility index (Phi) is 2.75. The average Bonchev–Trinajstić information content (AvgIpc) is 3.14. The Bertz CT molecular complexity index is 572. The standard InChI is InChI=1S/C16H19NO/c1-18-15-7-6-12(8-9-16(17)10-11-16)13-4-2-3-5-14(13)15/h2-7H,8-11,17H2,1H3. The number of aryl methyl sites for hydroxylation is 1. The molecule has 1 saturated carbocycles. The molecule has 0 amide bonds. The predicted molar refractivity (Wildman–Crippen MR) is 75.0 cm³/mol. The van der Waals surface area contributed by atoms with Gasteiger partial charge in [-0.3, -0.25) is 0 Å². The smallest absolute Gasteiger partial charge is 0.126 e. The van der Waals surface area contributed by atoms with Crippen molar-refractivity contribution in [2.45, 2.75) is 31.2 Å². The second kappa shape index (κ2) is 4.29. The van der Waals surface area contributed by atoms with E-state index in [9.17, 15) is 0 Å². The van der Waals surface area contributed by atoms with E-state index in [-0.39, 0.29) is 5.54 Å². The van der Waals surface area contributed by atoms with Crippen molar-refractivity contribution in [2.24, 2.45) is 5.73 Å². The van der Waals surface area contributed by atoms with Gasteiger partial charge in [-0.1, -0.05) is 30.3 Å². The first-order valence-corrected chi connectivity index (χ1v) is 6.55. The van der Waals surface area contributed by atoms with Crippen molar-refractivity contribution in [1.29, 1.82) is 0 Å². The zero-order valence-corrected chi connectivity index (χ0v) is 10.8. The first kappa shape index (κ1) is 11.5. The van der Waals surface area contributed by atoms with Gasteiger partial charge in [0, 0.05) is 10.9 Å². The molecule has 18 heavy (non-hydrogen) atoms. The first-order valence-electron chi connectivity index (χ1n) is 6.55. The van der Waals surface area contributed by atoms with E-state index in [4.69, 9.17) is 10.5 Å². The second-order valence-electron chi connectivity index (χ2n) is 5.33. The third kappa shape index (κ3) is 2.08. The number of hydrogen-bond acceptors (Lipinski definition) is 2. The third-order valence-electron chi connectivity index (χ3n) is 3.98. The average molecular weight is 241 g/mol. The van der Waals surface area contributed by atoms with Crippen molar-refractivity contribution in [3.8, 4) is 5.75 Å². The summed E-state index contributed by atoms with van der Waals surface area (Å²) in [4.78, 5) is 0. The van der Waals surface area contributed by atoms with E-state index in [1.165, 1.54) is 29.2 Å². The lowest BCUT2D eigenvalue weighted by atomic mass is 9.98. The van der Waals surface area contributed by atoms with Gasteiger partial charge in [-0.25, -0.2) is 0 Å². The maximum atomic E-state index is 6.17. The number of nitrogens with two attached hydrogens (primary N) is 1. The van der Waals surface area contributed by atoms with Gasteiger partial charge in [0.15, 0.2) is 0 Å². The summed E-state index contributed by atoms with van der Waals surface area (Å²) in [5.74, 6) is 0.947. The van der Waals surface area contributed by atoms with Gasteiger partial charge < -0.3 is 10.5 Å². The molecule has 2 nitrogen and oxygen atoms in total. The van der Waals surface area contributed by atoms with E-state index >= 15 is 0 Å². The van der Waals surface area contributed by atoms with Gasteiger partial charge in [0.1, 0.15) is 5.75 Å². The summed E-state index contributed by atoms with van der Waals surface area (Å²) in [6.07, 6.45) is 4.51. The molecule has 2 heteroatoms. The molecule has 2 aromatic rings. The largest absolute Gasteiger partial charge is 0.496 e. The van der Waals surface area contributed by atoms with Crippen LogP contribution in [0.2, 0.25) is 0 Å². The van der Waals surface area contributed by atoms with Crippen LogP contribution in [0.25, 0.3) is 10.8 Å². The third-order valence-corrected chi connectivity index (χ3v) is 3.98. The fraction of sp³-hybridized carbons (Fsp3) is 0.375. The Morgan fingerprint density at radius 1 is 1.11 bits per heavy atom. The highest BCUT2D eigenvalue weighted by Gasteiger charge is 2.37. The fourth-order valence-electron chi connectivity index (χ4n) is 2.52. The van der Waals surface area contributed by atoms with Crippen molar-refractivity contribution >= 4 is 10.8 Å². The van der Waals surface area contributed by atoms with Gasteiger partial charge in [0.05, 0.1) is 7.11 Å². The molecule has 0 saturated heterocycles. The number of benzene rings is 2. The molecule has 94 valence electrons. The Balaban J connectivity index is 1.96. The van der Waals surface area contributed by atoms with Crippen LogP contribution in [-0.4, -0.2) is 12.6 Å². The normalized spacial score (nSPS) is 16.8. The van der Waals surface area contributed by atoms with Crippen LogP contribution in [0.5, 0.6) is 5.75 Å². The van der Waals surface area contributed by atoms with Crippen LogP contribution in [0, 0.1) is 0 Å². The first-order chi connectivity index (χ1) is 8.72. The highest BCUT2D eigenvalue weighted by Crippen LogP contribution is 2.37. The zero-order valence-electron chi connectivity index (χ0n) is 10.8. The van der Waals surface area contributed by atoms with Gasteiger partial charge in [0.2, 0.25) is 0 Å². The molecule has 1 aliphatic carbocycles. The minimum atomic E-state index is 0.126. The molecule has 2 N–H and O–H groups in total. The highest BCUT2D eigenvalue weighted by atomic mass is 16.5. The van der Waals surface area contributed by atoms with Crippen LogP contribution >= 0.6 is 0 Å². The lowest BCUT2D eigenvalue weighted by Gasteiger charge is -2.12. The van der Waals surface area contributed by atoms with Gasteiger partial charge >= 0.3 is 0 Å². The van der Waals surface area contributed by atoms with Crippen LogP contribution in [-0.2, 0) is 6.42 Å². The molecule has 2 aromatic carbocycles. The molecule has 0 bridgehead atoms. The van der Waals surface area contributed by atoms with Crippen molar-refractivity contribution in [1.82, 2.24) is 0 Å². The van der Waals surface area contributed by atoms with Gasteiger partial charge in [-0.05, 0) is 42.7 Å². The molecule has 0 atom stereocenters. The predicted octanol–water partition coefficient (Wildman–Crippen LogP) is 3.27. The van der Waals surface area contributed by atoms with E-state index < -0.39 is 0 Å². The van der Waals surface area contributed by atoms with Crippen molar-refractivity contribution in [2.75, 3.05) is 7.11 Å². The number of hydrogen-bond donors (Lipinski definition) is 1. The summed E-state index contributed by atoms with van der Waals surface area (Å²) in [6.45, 7) is 0. The molecule has 0 unspecified atom stereocenters. The number of rotatable bonds is 4. The summed E-state index contributed by atoms with van der Waals surface area (Å²) >= 11 is 0. The summed E-state index contributed by atoms with van der Waals surface area (Å²) in [7, 11) is 1.72. The van der Waals surface area contributed by atoms with Gasteiger partial charge in [-0.15, -0.1) is 0 Å². The minimum absolute atomic E-state index is 0.126. The van der Waals surface area contributed by atoms with Crippen molar-refractivity contribution in [3.05, 3.63) is 42.0 Å². The Labute approximate surface area is 108 Å². The SMILES string of the molecule is COc1ccc(CCC2(N)CC2)c2ccccc12. The summed E-state index contributed by atoms with van der Waals surface area (Å²) in [5.41, 5.74) is 7.67. The van der Waals surface area contributed by atoms with E-state index in [0.29, 0.717) is 0 Å². The van der Waals surface area contributed by atoms with Gasteiger partial charge in [0.25, 0.3) is 0 Å². The highest BCUT2D eigenvalue weighted by molar-refractivity contribution is 5.91. The molecule has 1 fully saturated rings. The summed E-state index contributed by atoms with van der Waals surface area (Å²) in [6, 6.07) is 12.7. The van der Waals surface area contributed by atoms with Crippen LogP contribution < -0.4 is 10.5 Å². The molecule has 1 aliphatic rings. The topological polar surface area (TPSA) is 35.2 Å². The molecule has 0 aromatic heterocycles. The molecular formula is C16H19NO. The molecule has 3 rings (SSSR count). The van der Waals surface area contributed by atoms with Crippen LogP contribution in [0.1, 0.15) is 24.8 Å². The lowest BCUT2D eigenvalue weighted by Crippen LogP contribution is -2.22. The van der Waals surface area contributed by atoms with Crippen molar-refractivity contribution < 1.29 is 4.74 Å². The lowest BCUT2D eigenvalue weighted by molar-refractivity contribution is 0.419. The zero-order chi connectivity index (χ0) is 12.6. The summed E-state index contributed by atoms with van der Waals surface area (Å²) < 4.78 is 5.42. The minimum Gasteiger partial charge on any atom is -0.496 e. The monoisotopic (exact) mass is 241 g/mol. The molecule has 0 aliphatic heterocycles. The van der Waals surface area contributed by atoms with Crippen LogP contribution in [0.15, 0.2) is 36.4 Å². The Morgan fingerprint density at radius 2 is 1.83 bits per heavy atom. The van der Waals surface area contributed by atoms with E-state index in [2.05, 4.69) is 36.4 Å². The van der Waals surface area contributed by atoms with Crippen LogP contribution in [0.4, 0.5) is 0 Å². The molecule has 0 radical (unpaired) electrons. The maximum Gasteiger partial charge on any atom is 0.126 e. The van der Waals surface area contributed by atoms with Gasteiger partial charge in [-0.2, -0.15) is 0 Å². The Hall–Kier alpha value is -1.54. The number of fused-ring (bicyclic) bond motifs is 1. The number of ether oxygens (including phenoxy) is 1.